The number of methoxy groups -OCH3 is 1. The lowest BCUT2D eigenvalue weighted by atomic mass is 10.2. The smallest absolute Gasteiger partial charge is 0.322 e. The highest BCUT2D eigenvalue weighted by Crippen LogP contribution is 2.20. The van der Waals surface area contributed by atoms with Crippen LogP contribution in [0.2, 0.25) is 0 Å². The van der Waals surface area contributed by atoms with E-state index in [-0.39, 0.29) is 18.5 Å². The molecule has 7 heteroatoms. The first-order valence-electron chi connectivity index (χ1n) is 7.61. The molecular formula is C18H20BrN3O3. The maximum Gasteiger partial charge on any atom is 0.322 e. The molecule has 0 saturated heterocycles. The molecule has 132 valence electrons. The Morgan fingerprint density at radius 1 is 1.12 bits per heavy atom. The first-order valence-corrected chi connectivity index (χ1v) is 8.40. The van der Waals surface area contributed by atoms with E-state index < -0.39 is 0 Å². The topological polar surface area (TPSA) is 70.7 Å². The van der Waals surface area contributed by atoms with Crippen LogP contribution in [0.4, 0.5) is 16.2 Å². The summed E-state index contributed by atoms with van der Waals surface area (Å²) in [6.45, 7) is 1.85. The van der Waals surface area contributed by atoms with E-state index >= 15 is 0 Å². The molecule has 2 N–H and O–H groups in total. The van der Waals surface area contributed by atoms with Gasteiger partial charge in [-0.1, -0.05) is 15.9 Å². The molecule has 0 saturated carbocycles. The van der Waals surface area contributed by atoms with Crippen LogP contribution in [-0.2, 0) is 4.79 Å². The van der Waals surface area contributed by atoms with Crippen molar-refractivity contribution in [1.29, 1.82) is 0 Å². The minimum absolute atomic E-state index is 0.0580. The maximum absolute atomic E-state index is 12.2. The van der Waals surface area contributed by atoms with Crippen molar-refractivity contribution in [1.82, 2.24) is 4.90 Å². The average molecular weight is 406 g/mol. The van der Waals surface area contributed by atoms with E-state index in [9.17, 15) is 9.59 Å². The molecule has 0 heterocycles. The van der Waals surface area contributed by atoms with Crippen molar-refractivity contribution in [2.24, 2.45) is 0 Å². The summed E-state index contributed by atoms with van der Waals surface area (Å²) < 4.78 is 6.01. The van der Waals surface area contributed by atoms with Crippen LogP contribution >= 0.6 is 15.9 Å². The fourth-order valence-electron chi connectivity index (χ4n) is 2.14. The van der Waals surface area contributed by atoms with Gasteiger partial charge in [0.05, 0.1) is 7.11 Å². The summed E-state index contributed by atoms with van der Waals surface area (Å²) in [7, 11) is 3.14. The predicted molar refractivity (Wildman–Crippen MR) is 102 cm³/mol. The van der Waals surface area contributed by atoms with Crippen LogP contribution in [0.3, 0.4) is 0 Å². The monoisotopic (exact) mass is 405 g/mol. The molecule has 0 aliphatic rings. The highest BCUT2D eigenvalue weighted by molar-refractivity contribution is 9.10. The van der Waals surface area contributed by atoms with Crippen molar-refractivity contribution >= 4 is 39.2 Å². The molecule has 25 heavy (non-hydrogen) atoms. The third kappa shape index (κ3) is 5.49. The van der Waals surface area contributed by atoms with E-state index in [0.717, 1.165) is 15.7 Å². The number of benzene rings is 2. The van der Waals surface area contributed by atoms with Crippen molar-refractivity contribution in [3.05, 3.63) is 52.5 Å². The number of halogens is 1. The zero-order chi connectivity index (χ0) is 18.4. The largest absolute Gasteiger partial charge is 0.497 e. The minimum atomic E-state index is -0.368. The summed E-state index contributed by atoms with van der Waals surface area (Å²) in [5.74, 6) is 0.438. The molecule has 3 amide bonds. The summed E-state index contributed by atoms with van der Waals surface area (Å²) in [6.07, 6.45) is 0. The number of likely N-dealkylation sites (N-methyl/N-ethyl adjacent to an activating group) is 1. The van der Waals surface area contributed by atoms with E-state index in [1.165, 1.54) is 4.90 Å². The van der Waals surface area contributed by atoms with Gasteiger partial charge in [0.15, 0.2) is 0 Å². The zero-order valence-electron chi connectivity index (χ0n) is 14.3. The van der Waals surface area contributed by atoms with Gasteiger partial charge in [-0.2, -0.15) is 0 Å². The lowest BCUT2D eigenvalue weighted by Crippen LogP contribution is -2.37. The van der Waals surface area contributed by atoms with Crippen LogP contribution in [0, 0.1) is 6.92 Å². The Labute approximate surface area is 155 Å². The first-order chi connectivity index (χ1) is 11.9. The van der Waals surface area contributed by atoms with Crippen molar-refractivity contribution in [2.75, 3.05) is 31.3 Å². The second-order valence-corrected chi connectivity index (χ2v) is 6.44. The number of nitrogens with one attached hydrogen (secondary N) is 2. The lowest BCUT2D eigenvalue weighted by Gasteiger charge is -2.18. The number of carbonyl (C=O) groups excluding carboxylic acids is 2. The fraction of sp³-hybridized carbons (Fsp3) is 0.222. The summed E-state index contributed by atoms with van der Waals surface area (Å²) >= 11 is 3.38. The van der Waals surface area contributed by atoms with E-state index in [4.69, 9.17) is 4.74 Å². The number of urea groups is 1. The standard InChI is InChI=1S/C18H20BrN3O3/c1-12-10-13(19)4-9-16(12)21-17(23)11-22(2)18(24)20-14-5-7-15(25-3)8-6-14/h4-10H,11H2,1-3H3,(H,20,24)(H,21,23). The van der Waals surface area contributed by atoms with Gasteiger partial charge < -0.3 is 20.3 Å². The van der Waals surface area contributed by atoms with Gasteiger partial charge >= 0.3 is 6.03 Å². The average Bonchev–Trinajstić information content (AvgIpc) is 2.58. The minimum Gasteiger partial charge on any atom is -0.497 e. The van der Waals surface area contributed by atoms with Gasteiger partial charge in [-0.25, -0.2) is 4.79 Å². The van der Waals surface area contributed by atoms with E-state index in [1.807, 2.05) is 25.1 Å². The van der Waals surface area contributed by atoms with Gasteiger partial charge in [-0.15, -0.1) is 0 Å². The van der Waals surface area contributed by atoms with Gasteiger partial charge in [0.2, 0.25) is 5.91 Å². The number of nitrogens with zero attached hydrogens (tertiary/aromatic N) is 1. The molecule has 2 aromatic carbocycles. The van der Waals surface area contributed by atoms with Crippen LogP contribution in [0.15, 0.2) is 46.9 Å². The molecule has 0 radical (unpaired) electrons. The van der Waals surface area contributed by atoms with Gasteiger partial charge in [0, 0.05) is 22.9 Å². The molecule has 0 bridgehead atoms. The highest BCUT2D eigenvalue weighted by atomic mass is 79.9. The van der Waals surface area contributed by atoms with Crippen LogP contribution in [0.1, 0.15) is 5.56 Å². The number of hydrogen-bond donors (Lipinski definition) is 2. The molecular weight excluding hydrogens is 386 g/mol. The van der Waals surface area contributed by atoms with Crippen molar-refractivity contribution in [2.45, 2.75) is 6.92 Å². The SMILES string of the molecule is COc1ccc(NC(=O)N(C)CC(=O)Nc2ccc(Br)cc2C)cc1. The third-order valence-corrected chi connectivity index (χ3v) is 4.02. The summed E-state index contributed by atoms with van der Waals surface area (Å²) in [5, 5.41) is 5.53. The second kappa shape index (κ2) is 8.53. The Kier molecular flexibility index (Phi) is 6.41. The van der Waals surface area contributed by atoms with Crippen LogP contribution in [0.25, 0.3) is 0 Å². The van der Waals surface area contributed by atoms with E-state index in [1.54, 1.807) is 38.4 Å². The Morgan fingerprint density at radius 3 is 2.40 bits per heavy atom. The summed E-state index contributed by atoms with van der Waals surface area (Å²) in [4.78, 5) is 25.6. The molecule has 0 aliphatic heterocycles. The molecule has 0 spiro atoms. The third-order valence-electron chi connectivity index (χ3n) is 3.53. The normalized spacial score (nSPS) is 10.1. The molecule has 0 unspecified atom stereocenters. The summed E-state index contributed by atoms with van der Waals surface area (Å²) in [5.41, 5.74) is 2.28. The van der Waals surface area contributed by atoms with E-state index in [0.29, 0.717) is 11.4 Å². The Morgan fingerprint density at radius 2 is 1.80 bits per heavy atom. The molecule has 0 atom stereocenters. The molecule has 2 rings (SSSR count). The van der Waals surface area contributed by atoms with Crippen LogP contribution in [0.5, 0.6) is 5.75 Å². The van der Waals surface area contributed by atoms with Gasteiger partial charge in [0.25, 0.3) is 0 Å². The number of ether oxygens (including phenoxy) is 1. The number of aryl methyl sites for hydroxylation is 1. The number of anilines is 2. The van der Waals surface area contributed by atoms with Crippen molar-refractivity contribution in [3.8, 4) is 5.75 Å². The molecule has 0 aliphatic carbocycles. The Balaban J connectivity index is 1.89. The Bertz CT molecular complexity index is 763. The Hall–Kier alpha value is -2.54. The van der Waals surface area contributed by atoms with Crippen molar-refractivity contribution in [3.63, 3.8) is 0 Å². The first kappa shape index (κ1) is 18.8. The van der Waals surface area contributed by atoms with Crippen LogP contribution in [-0.4, -0.2) is 37.5 Å². The second-order valence-electron chi connectivity index (χ2n) is 5.52. The van der Waals surface area contributed by atoms with E-state index in [2.05, 4.69) is 26.6 Å². The zero-order valence-corrected chi connectivity index (χ0v) is 15.9. The maximum atomic E-state index is 12.2. The van der Waals surface area contributed by atoms with Gasteiger partial charge in [0.1, 0.15) is 12.3 Å². The molecule has 2 aromatic rings. The molecule has 6 nitrogen and oxygen atoms in total. The quantitative estimate of drug-likeness (QED) is 0.792. The van der Waals surface area contributed by atoms with Crippen molar-refractivity contribution < 1.29 is 14.3 Å². The summed E-state index contributed by atoms with van der Waals surface area (Å²) in [6, 6.07) is 12.2. The number of carbonyl (C=O) groups is 2. The molecule has 0 aromatic heterocycles. The van der Waals surface area contributed by atoms with Gasteiger partial charge in [-0.05, 0) is 55.0 Å². The predicted octanol–water partition coefficient (Wildman–Crippen LogP) is 3.87. The highest BCUT2D eigenvalue weighted by Gasteiger charge is 2.14. The lowest BCUT2D eigenvalue weighted by molar-refractivity contribution is -0.116. The number of rotatable bonds is 5. The van der Waals surface area contributed by atoms with Crippen LogP contribution < -0.4 is 15.4 Å². The number of hydrogen-bond acceptors (Lipinski definition) is 3. The number of amides is 3. The fourth-order valence-corrected chi connectivity index (χ4v) is 2.61. The molecule has 0 fully saturated rings. The van der Waals surface area contributed by atoms with Gasteiger partial charge in [-0.3, -0.25) is 4.79 Å².